The summed E-state index contributed by atoms with van der Waals surface area (Å²) in [5.74, 6) is -2.87. The Bertz CT molecular complexity index is 943. The third-order valence-electron chi connectivity index (χ3n) is 5.17. The molecule has 2 heterocycles. The van der Waals surface area contributed by atoms with Crippen molar-refractivity contribution in [3.8, 4) is 11.3 Å². The molecule has 0 radical (unpaired) electrons. The second kappa shape index (κ2) is 8.55. The maximum absolute atomic E-state index is 14.1. The summed E-state index contributed by atoms with van der Waals surface area (Å²) >= 11 is 0. The standard InChI is InChI=1S/C20H20F5N3O2/c1-30-19(29)12-8-15(11-3-4-13(21)14(22)7-11)27-9-16(12)28-6-2-5-20(26,10-28)17(23)18(24)25/h3-4,7-9,17-18H,2,5-6,10,26H2,1H3. The van der Waals surface area contributed by atoms with Crippen LogP contribution in [-0.4, -0.2) is 49.3 Å². The predicted molar refractivity (Wildman–Crippen MR) is 100 cm³/mol. The molecule has 30 heavy (non-hydrogen) atoms. The summed E-state index contributed by atoms with van der Waals surface area (Å²) in [6.07, 6.45) is -4.09. The van der Waals surface area contributed by atoms with Crippen molar-refractivity contribution >= 4 is 11.7 Å². The number of aromatic nitrogens is 1. The van der Waals surface area contributed by atoms with Crippen molar-refractivity contribution in [2.24, 2.45) is 5.73 Å². The monoisotopic (exact) mass is 429 g/mol. The smallest absolute Gasteiger partial charge is 0.340 e. The molecule has 0 aliphatic carbocycles. The number of halogens is 5. The Hall–Kier alpha value is -2.75. The Balaban J connectivity index is 2.00. The van der Waals surface area contributed by atoms with Gasteiger partial charge in [-0.25, -0.2) is 26.7 Å². The van der Waals surface area contributed by atoms with Crippen LogP contribution in [0.15, 0.2) is 30.5 Å². The molecule has 0 amide bonds. The van der Waals surface area contributed by atoms with Crippen molar-refractivity contribution in [3.63, 3.8) is 0 Å². The summed E-state index contributed by atoms with van der Waals surface area (Å²) in [6, 6.07) is 4.47. The fraction of sp³-hybridized carbons (Fsp3) is 0.400. The second-order valence-corrected chi connectivity index (χ2v) is 7.20. The second-order valence-electron chi connectivity index (χ2n) is 7.20. The molecule has 0 spiro atoms. The first-order chi connectivity index (χ1) is 14.2. The number of benzene rings is 1. The summed E-state index contributed by atoms with van der Waals surface area (Å²) in [7, 11) is 1.15. The average molecular weight is 429 g/mol. The van der Waals surface area contributed by atoms with Gasteiger partial charge in [0.2, 0.25) is 0 Å². The van der Waals surface area contributed by atoms with Crippen LogP contribution in [0.3, 0.4) is 0 Å². The summed E-state index contributed by atoms with van der Waals surface area (Å²) in [4.78, 5) is 18.0. The minimum Gasteiger partial charge on any atom is -0.465 e. The highest BCUT2D eigenvalue weighted by Crippen LogP contribution is 2.33. The molecule has 0 saturated carbocycles. The van der Waals surface area contributed by atoms with Gasteiger partial charge in [0, 0.05) is 18.7 Å². The van der Waals surface area contributed by atoms with E-state index < -0.39 is 35.7 Å². The van der Waals surface area contributed by atoms with Crippen molar-refractivity contribution in [2.75, 3.05) is 25.1 Å². The Labute approximate surface area is 169 Å². The number of hydrogen-bond donors (Lipinski definition) is 1. The van der Waals surface area contributed by atoms with Crippen LogP contribution in [0.2, 0.25) is 0 Å². The molecular formula is C20H20F5N3O2. The van der Waals surface area contributed by atoms with E-state index in [1.165, 1.54) is 23.2 Å². The lowest BCUT2D eigenvalue weighted by Crippen LogP contribution is -2.62. The number of pyridine rings is 1. The van der Waals surface area contributed by atoms with Crippen LogP contribution in [0, 0.1) is 11.6 Å². The first kappa shape index (κ1) is 21.9. The summed E-state index contributed by atoms with van der Waals surface area (Å²) in [5.41, 5.74) is 4.77. The van der Waals surface area contributed by atoms with Crippen LogP contribution in [-0.2, 0) is 4.74 Å². The van der Waals surface area contributed by atoms with Gasteiger partial charge in [-0.3, -0.25) is 4.98 Å². The van der Waals surface area contributed by atoms with Gasteiger partial charge in [0.15, 0.2) is 17.8 Å². The number of carbonyl (C=O) groups excluding carboxylic acids is 1. The van der Waals surface area contributed by atoms with E-state index in [0.717, 1.165) is 19.2 Å². The van der Waals surface area contributed by atoms with Gasteiger partial charge in [-0.05, 0) is 37.1 Å². The minimum atomic E-state index is -3.23. The lowest BCUT2D eigenvalue weighted by Gasteiger charge is -2.43. The molecule has 1 saturated heterocycles. The summed E-state index contributed by atoms with van der Waals surface area (Å²) in [5, 5.41) is 0. The number of esters is 1. The number of nitrogens with two attached hydrogens (primary N) is 1. The maximum Gasteiger partial charge on any atom is 0.340 e. The Morgan fingerprint density at radius 1 is 1.23 bits per heavy atom. The molecule has 10 heteroatoms. The third kappa shape index (κ3) is 4.23. The fourth-order valence-corrected chi connectivity index (χ4v) is 3.58. The normalized spacial score (nSPS) is 20.3. The molecule has 1 aliphatic heterocycles. The number of piperidine rings is 1. The van der Waals surface area contributed by atoms with Crippen molar-refractivity contribution in [3.05, 3.63) is 47.7 Å². The van der Waals surface area contributed by atoms with Crippen LogP contribution in [0.25, 0.3) is 11.3 Å². The quantitative estimate of drug-likeness (QED) is 0.580. The molecule has 1 aromatic carbocycles. The lowest BCUT2D eigenvalue weighted by atomic mass is 9.85. The van der Waals surface area contributed by atoms with Gasteiger partial charge in [0.25, 0.3) is 6.43 Å². The highest BCUT2D eigenvalue weighted by molar-refractivity contribution is 5.96. The van der Waals surface area contributed by atoms with E-state index in [9.17, 15) is 26.7 Å². The number of carbonyl (C=O) groups is 1. The van der Waals surface area contributed by atoms with Crippen molar-refractivity contribution in [1.29, 1.82) is 0 Å². The Kier molecular flexibility index (Phi) is 6.25. The van der Waals surface area contributed by atoms with Crippen LogP contribution in [0.4, 0.5) is 27.6 Å². The first-order valence-corrected chi connectivity index (χ1v) is 9.16. The largest absolute Gasteiger partial charge is 0.465 e. The molecule has 162 valence electrons. The van der Waals surface area contributed by atoms with E-state index in [4.69, 9.17) is 10.5 Å². The zero-order chi connectivity index (χ0) is 22.1. The molecule has 2 unspecified atom stereocenters. The summed E-state index contributed by atoms with van der Waals surface area (Å²) < 4.78 is 71.5. The van der Waals surface area contributed by atoms with Gasteiger partial charge >= 0.3 is 5.97 Å². The van der Waals surface area contributed by atoms with Crippen LogP contribution in [0.1, 0.15) is 23.2 Å². The van der Waals surface area contributed by atoms with Crippen molar-refractivity contribution in [2.45, 2.75) is 31.0 Å². The molecule has 1 aromatic heterocycles. The van der Waals surface area contributed by atoms with Gasteiger partial charge in [-0.1, -0.05) is 0 Å². The predicted octanol–water partition coefficient (Wildman–Crippen LogP) is 3.71. The minimum absolute atomic E-state index is 0.0175. The highest BCUT2D eigenvalue weighted by atomic mass is 19.3. The number of methoxy groups -OCH3 is 1. The summed E-state index contributed by atoms with van der Waals surface area (Å²) in [6.45, 7) is 0.0831. The zero-order valence-corrected chi connectivity index (χ0v) is 16.0. The number of anilines is 1. The van der Waals surface area contributed by atoms with Crippen molar-refractivity contribution < 1.29 is 31.5 Å². The zero-order valence-electron chi connectivity index (χ0n) is 16.0. The van der Waals surface area contributed by atoms with E-state index in [0.29, 0.717) is 13.0 Å². The molecular weight excluding hydrogens is 409 g/mol. The number of nitrogens with zero attached hydrogens (tertiary/aromatic N) is 2. The molecule has 3 rings (SSSR count). The topological polar surface area (TPSA) is 68.5 Å². The molecule has 0 bridgehead atoms. The van der Waals surface area contributed by atoms with Gasteiger partial charge in [-0.15, -0.1) is 0 Å². The Morgan fingerprint density at radius 2 is 1.97 bits per heavy atom. The number of ether oxygens (including phenoxy) is 1. The Morgan fingerprint density at radius 3 is 2.60 bits per heavy atom. The molecule has 5 nitrogen and oxygen atoms in total. The maximum atomic E-state index is 14.1. The van der Waals surface area contributed by atoms with Crippen LogP contribution < -0.4 is 10.6 Å². The highest BCUT2D eigenvalue weighted by Gasteiger charge is 2.44. The number of rotatable bonds is 5. The third-order valence-corrected chi connectivity index (χ3v) is 5.17. The fourth-order valence-electron chi connectivity index (χ4n) is 3.58. The molecule has 1 fully saturated rings. The van der Waals surface area contributed by atoms with E-state index in [-0.39, 0.29) is 35.5 Å². The molecule has 2 atom stereocenters. The van der Waals surface area contributed by atoms with E-state index in [2.05, 4.69) is 4.98 Å². The van der Waals surface area contributed by atoms with Gasteiger partial charge in [-0.2, -0.15) is 0 Å². The van der Waals surface area contributed by atoms with Gasteiger partial charge < -0.3 is 15.4 Å². The van der Waals surface area contributed by atoms with Crippen molar-refractivity contribution in [1.82, 2.24) is 4.98 Å². The first-order valence-electron chi connectivity index (χ1n) is 9.16. The SMILES string of the molecule is COC(=O)c1cc(-c2ccc(F)c(F)c2)ncc1N1CCCC(N)(C(F)C(F)F)C1. The van der Waals surface area contributed by atoms with Gasteiger partial charge in [0.1, 0.15) is 0 Å². The van der Waals surface area contributed by atoms with E-state index >= 15 is 0 Å². The number of alkyl halides is 3. The van der Waals surface area contributed by atoms with E-state index in [1.54, 1.807) is 0 Å². The van der Waals surface area contributed by atoms with Gasteiger partial charge in [0.05, 0.1) is 35.8 Å². The molecule has 2 aromatic rings. The average Bonchev–Trinajstić information content (AvgIpc) is 2.74. The molecule has 1 aliphatic rings. The van der Waals surface area contributed by atoms with Crippen LogP contribution in [0.5, 0.6) is 0 Å². The molecule has 2 N–H and O–H groups in total. The van der Waals surface area contributed by atoms with E-state index in [1.807, 2.05) is 0 Å². The number of hydrogen-bond acceptors (Lipinski definition) is 5. The van der Waals surface area contributed by atoms with Crippen LogP contribution >= 0.6 is 0 Å². The lowest BCUT2D eigenvalue weighted by molar-refractivity contribution is -0.000422.